The monoisotopic (exact) mass is 367 g/mol. The molecule has 0 atom stereocenters. The van der Waals surface area contributed by atoms with Gasteiger partial charge < -0.3 is 9.47 Å². The maximum atomic E-state index is 12.3. The molecule has 140 valence electrons. The molecule has 3 aromatic rings. The van der Waals surface area contributed by atoms with Crippen LogP contribution in [0.1, 0.15) is 42.5 Å². The highest BCUT2D eigenvalue weighted by Gasteiger charge is 2.20. The third kappa shape index (κ3) is 4.13. The van der Waals surface area contributed by atoms with Crippen molar-refractivity contribution in [2.75, 3.05) is 0 Å². The summed E-state index contributed by atoms with van der Waals surface area (Å²) in [4.78, 5) is 27.7. The molecule has 0 aliphatic carbocycles. The zero-order valence-corrected chi connectivity index (χ0v) is 15.7. The van der Waals surface area contributed by atoms with Crippen molar-refractivity contribution >= 4 is 23.3 Å². The molecule has 0 radical (unpaired) electrons. The number of aromatic nitrogens is 3. The number of nitrogens with zero attached hydrogens (tertiary/aromatic N) is 3. The molecule has 7 nitrogen and oxygen atoms in total. The van der Waals surface area contributed by atoms with Gasteiger partial charge in [-0.2, -0.15) is 9.78 Å². The SMILES string of the molecule is Cc1ccc(OCc2cccc3c2cnn3C(=O)OC(C)(C)C)c(C=O)n1. The Morgan fingerprint density at radius 3 is 2.70 bits per heavy atom. The van der Waals surface area contributed by atoms with E-state index in [1.165, 1.54) is 4.68 Å². The van der Waals surface area contributed by atoms with Crippen LogP contribution in [0, 0.1) is 6.92 Å². The lowest BCUT2D eigenvalue weighted by molar-refractivity contribution is 0.0522. The van der Waals surface area contributed by atoms with Gasteiger partial charge >= 0.3 is 6.09 Å². The quantitative estimate of drug-likeness (QED) is 0.650. The predicted molar refractivity (Wildman–Crippen MR) is 100 cm³/mol. The first-order chi connectivity index (χ1) is 12.8. The van der Waals surface area contributed by atoms with Gasteiger partial charge in [0, 0.05) is 16.6 Å². The van der Waals surface area contributed by atoms with E-state index in [1.54, 1.807) is 45.2 Å². The Balaban J connectivity index is 1.87. The molecule has 2 aromatic heterocycles. The van der Waals surface area contributed by atoms with Crippen molar-refractivity contribution < 1.29 is 19.1 Å². The molecule has 0 aliphatic heterocycles. The number of carbonyl (C=O) groups is 2. The Kier molecular flexibility index (Phi) is 4.94. The third-order valence-corrected chi connectivity index (χ3v) is 3.79. The first-order valence-electron chi connectivity index (χ1n) is 8.53. The van der Waals surface area contributed by atoms with Crippen LogP contribution in [0.15, 0.2) is 36.5 Å². The smallest absolute Gasteiger partial charge is 0.435 e. The number of ether oxygens (including phenoxy) is 2. The fourth-order valence-electron chi connectivity index (χ4n) is 2.61. The highest BCUT2D eigenvalue weighted by molar-refractivity contribution is 5.89. The number of hydrogen-bond donors (Lipinski definition) is 0. The highest BCUT2D eigenvalue weighted by Crippen LogP contribution is 2.23. The second-order valence-electron chi connectivity index (χ2n) is 7.13. The summed E-state index contributed by atoms with van der Waals surface area (Å²) in [6, 6.07) is 8.99. The number of carbonyl (C=O) groups excluding carboxylic acids is 2. The Bertz CT molecular complexity index is 1000. The van der Waals surface area contributed by atoms with E-state index >= 15 is 0 Å². The number of aldehydes is 1. The fourth-order valence-corrected chi connectivity index (χ4v) is 2.61. The lowest BCUT2D eigenvalue weighted by atomic mass is 10.1. The Labute approximate surface area is 156 Å². The van der Waals surface area contributed by atoms with Gasteiger partial charge in [-0.25, -0.2) is 9.78 Å². The number of rotatable bonds is 4. The van der Waals surface area contributed by atoms with E-state index in [4.69, 9.17) is 9.47 Å². The van der Waals surface area contributed by atoms with Crippen molar-refractivity contribution in [3.05, 3.63) is 53.5 Å². The molecular formula is C20H21N3O4. The van der Waals surface area contributed by atoms with Crippen LogP contribution in [-0.2, 0) is 11.3 Å². The molecule has 0 fully saturated rings. The van der Waals surface area contributed by atoms with Gasteiger partial charge in [0.1, 0.15) is 23.7 Å². The van der Waals surface area contributed by atoms with Crippen molar-refractivity contribution in [2.45, 2.75) is 39.9 Å². The zero-order valence-electron chi connectivity index (χ0n) is 15.7. The number of aryl methyl sites for hydroxylation is 1. The molecule has 0 unspecified atom stereocenters. The van der Waals surface area contributed by atoms with E-state index in [0.717, 1.165) is 16.6 Å². The minimum Gasteiger partial charge on any atom is -0.486 e. The largest absolute Gasteiger partial charge is 0.486 e. The fraction of sp³-hybridized carbons (Fsp3) is 0.300. The normalized spacial score (nSPS) is 11.4. The summed E-state index contributed by atoms with van der Waals surface area (Å²) < 4.78 is 12.4. The molecule has 0 saturated heterocycles. The van der Waals surface area contributed by atoms with Gasteiger partial charge in [0.25, 0.3) is 0 Å². The van der Waals surface area contributed by atoms with Crippen LogP contribution < -0.4 is 4.74 Å². The maximum absolute atomic E-state index is 12.3. The summed E-state index contributed by atoms with van der Waals surface area (Å²) in [6.45, 7) is 7.42. The highest BCUT2D eigenvalue weighted by atomic mass is 16.6. The summed E-state index contributed by atoms with van der Waals surface area (Å²) in [5, 5.41) is 4.93. The molecule has 0 amide bonds. The first-order valence-corrected chi connectivity index (χ1v) is 8.53. The van der Waals surface area contributed by atoms with Crippen molar-refractivity contribution in [3.8, 4) is 5.75 Å². The average Bonchev–Trinajstić information content (AvgIpc) is 3.04. The molecule has 0 aliphatic rings. The third-order valence-electron chi connectivity index (χ3n) is 3.79. The number of fused-ring (bicyclic) bond motifs is 1. The van der Waals surface area contributed by atoms with Gasteiger partial charge in [0.15, 0.2) is 6.29 Å². The van der Waals surface area contributed by atoms with Crippen LogP contribution in [0.2, 0.25) is 0 Å². The van der Waals surface area contributed by atoms with Gasteiger partial charge in [0.2, 0.25) is 0 Å². The second-order valence-corrected chi connectivity index (χ2v) is 7.13. The summed E-state index contributed by atoms with van der Waals surface area (Å²) in [7, 11) is 0. The Hall–Kier alpha value is -3.22. The van der Waals surface area contributed by atoms with Crippen LogP contribution in [-0.4, -0.2) is 32.7 Å². The van der Waals surface area contributed by atoms with E-state index in [-0.39, 0.29) is 12.3 Å². The van der Waals surface area contributed by atoms with Crippen molar-refractivity contribution in [3.63, 3.8) is 0 Å². The lowest BCUT2D eigenvalue weighted by Gasteiger charge is -2.19. The van der Waals surface area contributed by atoms with Gasteiger partial charge in [-0.3, -0.25) is 4.79 Å². The molecule has 3 rings (SSSR count). The molecule has 2 heterocycles. The number of pyridine rings is 1. The van der Waals surface area contributed by atoms with Gasteiger partial charge in [0.05, 0.1) is 11.7 Å². The van der Waals surface area contributed by atoms with Gasteiger partial charge in [-0.05, 0) is 45.9 Å². The summed E-state index contributed by atoms with van der Waals surface area (Å²) in [5.41, 5.74) is 1.85. The minimum atomic E-state index is -0.611. The van der Waals surface area contributed by atoms with Crippen LogP contribution in [0.25, 0.3) is 10.9 Å². The summed E-state index contributed by atoms with van der Waals surface area (Å²) in [5.74, 6) is 0.409. The molecule has 7 heteroatoms. The van der Waals surface area contributed by atoms with Crippen molar-refractivity contribution in [1.29, 1.82) is 0 Å². The van der Waals surface area contributed by atoms with Crippen LogP contribution >= 0.6 is 0 Å². The molecule has 0 bridgehead atoms. The molecule has 27 heavy (non-hydrogen) atoms. The zero-order chi connectivity index (χ0) is 19.6. The topological polar surface area (TPSA) is 83.3 Å². The van der Waals surface area contributed by atoms with Crippen molar-refractivity contribution in [2.24, 2.45) is 0 Å². The van der Waals surface area contributed by atoms with E-state index in [9.17, 15) is 9.59 Å². The summed E-state index contributed by atoms with van der Waals surface area (Å²) in [6.07, 6.45) is 1.73. The molecule has 0 saturated carbocycles. The van der Waals surface area contributed by atoms with Crippen LogP contribution in [0.5, 0.6) is 5.75 Å². The summed E-state index contributed by atoms with van der Waals surface area (Å²) >= 11 is 0. The Morgan fingerprint density at radius 1 is 1.22 bits per heavy atom. The van der Waals surface area contributed by atoms with Gasteiger partial charge in [-0.15, -0.1) is 0 Å². The standard InChI is InChI=1S/C20H21N3O4/c1-13-8-9-18(16(11-24)22-13)26-12-14-6-5-7-17-15(14)10-21-23(17)19(25)27-20(2,3)4/h5-11H,12H2,1-4H3. The number of hydrogen-bond acceptors (Lipinski definition) is 6. The molecule has 0 N–H and O–H groups in total. The van der Waals surface area contributed by atoms with Gasteiger partial charge in [-0.1, -0.05) is 12.1 Å². The maximum Gasteiger partial charge on any atom is 0.435 e. The first kappa shape index (κ1) is 18.6. The van der Waals surface area contributed by atoms with Crippen LogP contribution in [0.3, 0.4) is 0 Å². The molecular weight excluding hydrogens is 346 g/mol. The van der Waals surface area contributed by atoms with Crippen LogP contribution in [0.4, 0.5) is 4.79 Å². The number of benzene rings is 1. The minimum absolute atomic E-state index is 0.211. The van der Waals surface area contributed by atoms with E-state index < -0.39 is 11.7 Å². The molecule has 0 spiro atoms. The average molecular weight is 367 g/mol. The molecule has 1 aromatic carbocycles. The van der Waals surface area contributed by atoms with E-state index in [1.807, 2.05) is 19.1 Å². The lowest BCUT2D eigenvalue weighted by Crippen LogP contribution is -2.27. The Morgan fingerprint density at radius 2 is 2.00 bits per heavy atom. The second kappa shape index (κ2) is 7.19. The van der Waals surface area contributed by atoms with Crippen molar-refractivity contribution in [1.82, 2.24) is 14.8 Å². The predicted octanol–water partition coefficient (Wildman–Crippen LogP) is 3.91. The van der Waals surface area contributed by atoms with E-state index in [2.05, 4.69) is 10.1 Å². The van der Waals surface area contributed by atoms with E-state index in [0.29, 0.717) is 17.6 Å².